The van der Waals surface area contributed by atoms with Gasteiger partial charge in [0.25, 0.3) is 5.91 Å². The van der Waals surface area contributed by atoms with Crippen LogP contribution in [0, 0.1) is 5.92 Å². The molecule has 7 nitrogen and oxygen atoms in total. The zero-order valence-electron chi connectivity index (χ0n) is 18.1. The lowest BCUT2D eigenvalue weighted by atomic mass is 9.97. The molecule has 0 unspecified atom stereocenters. The predicted molar refractivity (Wildman–Crippen MR) is 123 cm³/mol. The van der Waals surface area contributed by atoms with Crippen LogP contribution in [0.4, 0.5) is 5.69 Å². The molecule has 2 heterocycles. The van der Waals surface area contributed by atoms with Crippen molar-refractivity contribution in [2.24, 2.45) is 5.92 Å². The topological polar surface area (TPSA) is 86.8 Å². The van der Waals surface area contributed by atoms with Crippen LogP contribution in [0.3, 0.4) is 0 Å². The van der Waals surface area contributed by atoms with Gasteiger partial charge in [-0.15, -0.1) is 0 Å². The van der Waals surface area contributed by atoms with Gasteiger partial charge in [0.1, 0.15) is 0 Å². The number of hydrogen-bond donors (Lipinski definition) is 1. The summed E-state index contributed by atoms with van der Waals surface area (Å²) in [5.74, 6) is -0.514. The number of rotatable bonds is 5. The number of piperidine rings is 2. The van der Waals surface area contributed by atoms with Gasteiger partial charge in [0.2, 0.25) is 15.9 Å². The van der Waals surface area contributed by atoms with Gasteiger partial charge in [-0.1, -0.05) is 30.3 Å². The summed E-state index contributed by atoms with van der Waals surface area (Å²) in [6.45, 7) is 2.08. The average molecular weight is 456 g/mol. The number of nitrogens with one attached hydrogen (secondary N) is 1. The van der Waals surface area contributed by atoms with Crippen molar-refractivity contribution in [1.29, 1.82) is 0 Å². The first-order valence-electron chi connectivity index (χ1n) is 11.2. The largest absolute Gasteiger partial charge is 0.339 e. The van der Waals surface area contributed by atoms with Crippen molar-refractivity contribution in [2.45, 2.75) is 37.0 Å². The first kappa shape index (κ1) is 22.5. The number of amides is 2. The van der Waals surface area contributed by atoms with Gasteiger partial charge in [0.15, 0.2) is 0 Å². The summed E-state index contributed by atoms with van der Waals surface area (Å²) in [6, 6.07) is 15.5. The number of sulfonamides is 1. The predicted octanol–water partition coefficient (Wildman–Crippen LogP) is 3.35. The van der Waals surface area contributed by atoms with E-state index in [9.17, 15) is 18.0 Å². The van der Waals surface area contributed by atoms with Gasteiger partial charge >= 0.3 is 0 Å². The fourth-order valence-corrected chi connectivity index (χ4v) is 5.87. The van der Waals surface area contributed by atoms with E-state index < -0.39 is 10.0 Å². The number of benzene rings is 2. The van der Waals surface area contributed by atoms with Gasteiger partial charge in [-0.25, -0.2) is 8.42 Å². The molecule has 0 radical (unpaired) electrons. The average Bonchev–Trinajstić information content (AvgIpc) is 2.85. The highest BCUT2D eigenvalue weighted by atomic mass is 32.2. The lowest BCUT2D eigenvalue weighted by molar-refractivity contribution is -0.120. The Morgan fingerprint density at radius 2 is 1.44 bits per heavy atom. The van der Waals surface area contributed by atoms with Gasteiger partial charge in [-0.05, 0) is 56.4 Å². The van der Waals surface area contributed by atoms with Crippen LogP contribution in [-0.2, 0) is 14.8 Å². The molecule has 170 valence electrons. The first-order valence-corrected chi connectivity index (χ1v) is 12.7. The van der Waals surface area contributed by atoms with E-state index in [-0.39, 0.29) is 22.6 Å². The number of para-hydroxylation sites is 1. The van der Waals surface area contributed by atoms with Crippen molar-refractivity contribution in [3.63, 3.8) is 0 Å². The quantitative estimate of drug-likeness (QED) is 0.749. The Morgan fingerprint density at radius 3 is 2.12 bits per heavy atom. The molecule has 8 heteroatoms. The van der Waals surface area contributed by atoms with Gasteiger partial charge in [-0.2, -0.15) is 4.31 Å². The molecular weight excluding hydrogens is 426 g/mol. The maximum absolute atomic E-state index is 13.0. The van der Waals surface area contributed by atoms with E-state index in [4.69, 9.17) is 0 Å². The monoisotopic (exact) mass is 455 g/mol. The van der Waals surface area contributed by atoms with Gasteiger partial charge in [0.05, 0.1) is 16.1 Å². The summed E-state index contributed by atoms with van der Waals surface area (Å²) < 4.78 is 27.1. The molecule has 2 saturated heterocycles. The second-order valence-corrected chi connectivity index (χ2v) is 10.3. The molecule has 32 heavy (non-hydrogen) atoms. The summed E-state index contributed by atoms with van der Waals surface area (Å²) in [7, 11) is -3.55. The SMILES string of the molecule is O=C(Nc1ccccc1C(=O)N1CCCCC1)C1CCN(S(=O)(=O)c2ccccc2)CC1. The molecule has 4 rings (SSSR count). The lowest BCUT2D eigenvalue weighted by Gasteiger charge is -2.31. The van der Waals surface area contributed by atoms with Crippen LogP contribution >= 0.6 is 0 Å². The number of hydrogen-bond acceptors (Lipinski definition) is 4. The zero-order valence-corrected chi connectivity index (χ0v) is 18.9. The fraction of sp³-hybridized carbons (Fsp3) is 0.417. The van der Waals surface area contributed by atoms with Crippen LogP contribution in [0.2, 0.25) is 0 Å². The maximum Gasteiger partial charge on any atom is 0.255 e. The minimum Gasteiger partial charge on any atom is -0.339 e. The van der Waals surface area contributed by atoms with Crippen LogP contribution in [0.15, 0.2) is 59.5 Å². The minimum atomic E-state index is -3.55. The molecule has 0 spiro atoms. The van der Waals surface area contributed by atoms with Crippen molar-refractivity contribution >= 4 is 27.5 Å². The van der Waals surface area contributed by atoms with E-state index in [2.05, 4.69) is 5.32 Å². The van der Waals surface area contributed by atoms with Crippen molar-refractivity contribution < 1.29 is 18.0 Å². The Hall–Kier alpha value is -2.71. The summed E-state index contributed by atoms with van der Waals surface area (Å²) >= 11 is 0. The molecule has 0 saturated carbocycles. The molecule has 2 aliphatic rings. The lowest BCUT2D eigenvalue weighted by Crippen LogP contribution is -2.41. The standard InChI is InChI=1S/C24H29N3O4S/c28-23(19-13-17-27(18-14-19)32(30,31)20-9-3-1-4-10-20)25-22-12-6-5-11-21(22)24(29)26-15-7-2-8-16-26/h1,3-6,9-12,19H,2,7-8,13-18H2,(H,25,28). The van der Waals surface area contributed by atoms with Gasteiger partial charge in [-0.3, -0.25) is 9.59 Å². The number of carbonyl (C=O) groups excluding carboxylic acids is 2. The Bertz CT molecular complexity index is 1060. The van der Waals surface area contributed by atoms with Crippen LogP contribution in [-0.4, -0.2) is 55.6 Å². The van der Waals surface area contributed by atoms with Crippen LogP contribution < -0.4 is 5.32 Å². The summed E-state index contributed by atoms with van der Waals surface area (Å²) in [6.07, 6.45) is 4.04. The molecule has 0 aliphatic carbocycles. The molecule has 0 atom stereocenters. The van der Waals surface area contributed by atoms with Crippen molar-refractivity contribution in [3.8, 4) is 0 Å². The Balaban J connectivity index is 1.39. The third-order valence-corrected chi connectivity index (χ3v) is 8.18. The molecule has 2 fully saturated rings. The van der Waals surface area contributed by atoms with E-state index in [1.807, 2.05) is 4.90 Å². The normalized spacial score (nSPS) is 18.3. The molecule has 2 aliphatic heterocycles. The third kappa shape index (κ3) is 4.86. The third-order valence-electron chi connectivity index (χ3n) is 6.26. The van der Waals surface area contributed by atoms with Gasteiger partial charge in [0, 0.05) is 32.1 Å². The number of anilines is 1. The Kier molecular flexibility index (Phi) is 6.91. The second-order valence-electron chi connectivity index (χ2n) is 8.38. The molecule has 2 aromatic carbocycles. The number of carbonyl (C=O) groups is 2. The Morgan fingerprint density at radius 1 is 0.812 bits per heavy atom. The second kappa shape index (κ2) is 9.83. The fourth-order valence-electron chi connectivity index (χ4n) is 4.38. The molecule has 0 bridgehead atoms. The van der Waals surface area contributed by atoms with Crippen LogP contribution in [0.5, 0.6) is 0 Å². The summed E-state index contributed by atoms with van der Waals surface area (Å²) in [5, 5.41) is 2.93. The van der Waals surface area contributed by atoms with Gasteiger partial charge < -0.3 is 10.2 Å². The van der Waals surface area contributed by atoms with Crippen LogP contribution in [0.1, 0.15) is 42.5 Å². The molecular formula is C24H29N3O4S. The summed E-state index contributed by atoms with van der Waals surface area (Å²) in [4.78, 5) is 28.0. The van der Waals surface area contributed by atoms with E-state index in [0.29, 0.717) is 37.2 Å². The highest BCUT2D eigenvalue weighted by Gasteiger charge is 2.32. The zero-order chi connectivity index (χ0) is 22.6. The van der Waals surface area contributed by atoms with E-state index in [1.54, 1.807) is 54.6 Å². The molecule has 1 N–H and O–H groups in total. The van der Waals surface area contributed by atoms with Crippen molar-refractivity contribution in [3.05, 3.63) is 60.2 Å². The Labute approximate surface area is 189 Å². The maximum atomic E-state index is 13.0. The van der Waals surface area contributed by atoms with E-state index >= 15 is 0 Å². The van der Waals surface area contributed by atoms with Crippen molar-refractivity contribution in [1.82, 2.24) is 9.21 Å². The summed E-state index contributed by atoms with van der Waals surface area (Å²) in [5.41, 5.74) is 1.03. The van der Waals surface area contributed by atoms with E-state index in [1.165, 1.54) is 4.31 Å². The minimum absolute atomic E-state index is 0.0515. The van der Waals surface area contributed by atoms with E-state index in [0.717, 1.165) is 32.4 Å². The smallest absolute Gasteiger partial charge is 0.255 e. The molecule has 0 aromatic heterocycles. The highest BCUT2D eigenvalue weighted by molar-refractivity contribution is 7.89. The molecule has 2 aromatic rings. The van der Waals surface area contributed by atoms with Crippen LogP contribution in [0.25, 0.3) is 0 Å². The highest BCUT2D eigenvalue weighted by Crippen LogP contribution is 2.26. The number of nitrogens with zero attached hydrogens (tertiary/aromatic N) is 2. The molecule has 2 amide bonds. The number of likely N-dealkylation sites (tertiary alicyclic amines) is 1. The first-order chi connectivity index (χ1) is 15.5. The van der Waals surface area contributed by atoms with Crippen molar-refractivity contribution in [2.75, 3.05) is 31.5 Å².